The van der Waals surface area contributed by atoms with Crippen LogP contribution in [0.2, 0.25) is 0 Å². The molecule has 0 fully saturated rings. The van der Waals surface area contributed by atoms with Crippen molar-refractivity contribution in [3.63, 3.8) is 0 Å². The molecular weight excluding hydrogens is 316 g/mol. The molecule has 0 saturated heterocycles. The molecular formula is C21H22O4. The predicted octanol–water partition coefficient (Wildman–Crippen LogP) is 4.27. The number of hydrogen-bond acceptors (Lipinski definition) is 4. The van der Waals surface area contributed by atoms with Gasteiger partial charge in [-0.25, -0.2) is 9.59 Å². The number of benzene rings is 2. The Morgan fingerprint density at radius 2 is 1.64 bits per heavy atom. The van der Waals surface area contributed by atoms with Crippen LogP contribution in [0, 0.1) is 0 Å². The molecule has 0 radical (unpaired) electrons. The third-order valence-corrected chi connectivity index (χ3v) is 3.63. The second-order valence-electron chi connectivity index (χ2n) is 5.50. The van der Waals surface area contributed by atoms with Crippen molar-refractivity contribution in [1.29, 1.82) is 0 Å². The Morgan fingerprint density at radius 1 is 1.00 bits per heavy atom. The lowest BCUT2D eigenvalue weighted by Gasteiger charge is -2.16. The highest BCUT2D eigenvalue weighted by Gasteiger charge is 2.14. The summed E-state index contributed by atoms with van der Waals surface area (Å²) in [5.41, 5.74) is 1.45. The van der Waals surface area contributed by atoms with E-state index in [1.165, 1.54) is 6.08 Å². The van der Waals surface area contributed by atoms with E-state index >= 15 is 0 Å². The number of hydrogen-bond donors (Lipinski definition) is 0. The molecule has 130 valence electrons. The van der Waals surface area contributed by atoms with E-state index in [2.05, 4.69) is 0 Å². The van der Waals surface area contributed by atoms with E-state index in [-0.39, 0.29) is 18.7 Å². The molecule has 2 aromatic carbocycles. The topological polar surface area (TPSA) is 52.6 Å². The van der Waals surface area contributed by atoms with Crippen molar-refractivity contribution >= 4 is 18.0 Å². The van der Waals surface area contributed by atoms with Crippen molar-refractivity contribution < 1.29 is 19.1 Å². The van der Waals surface area contributed by atoms with Gasteiger partial charge >= 0.3 is 11.9 Å². The summed E-state index contributed by atoms with van der Waals surface area (Å²) >= 11 is 0. The van der Waals surface area contributed by atoms with Gasteiger partial charge in [0.2, 0.25) is 0 Å². The fourth-order valence-corrected chi connectivity index (χ4v) is 2.21. The molecule has 0 bridgehead atoms. The van der Waals surface area contributed by atoms with Gasteiger partial charge in [0.1, 0.15) is 6.10 Å². The Hall–Kier alpha value is -2.88. The van der Waals surface area contributed by atoms with Gasteiger partial charge < -0.3 is 9.47 Å². The Morgan fingerprint density at radius 3 is 2.28 bits per heavy atom. The molecule has 0 aliphatic rings. The normalized spacial score (nSPS) is 11.9. The maximum absolute atomic E-state index is 12.0. The smallest absolute Gasteiger partial charge is 0.338 e. The lowest BCUT2D eigenvalue weighted by molar-refractivity contribution is -0.138. The van der Waals surface area contributed by atoms with Gasteiger partial charge in [0, 0.05) is 12.5 Å². The van der Waals surface area contributed by atoms with Crippen LogP contribution in [0.3, 0.4) is 0 Å². The minimum atomic E-state index is -0.409. The molecule has 1 unspecified atom stereocenters. The molecule has 4 heteroatoms. The highest BCUT2D eigenvalue weighted by atomic mass is 16.6. The zero-order chi connectivity index (χ0) is 17.9. The quantitative estimate of drug-likeness (QED) is 0.533. The van der Waals surface area contributed by atoms with Crippen LogP contribution in [0.15, 0.2) is 66.7 Å². The molecule has 0 saturated carbocycles. The number of rotatable bonds is 8. The van der Waals surface area contributed by atoms with Crippen LogP contribution in [0.25, 0.3) is 6.08 Å². The van der Waals surface area contributed by atoms with Gasteiger partial charge in [-0.05, 0) is 30.2 Å². The number of esters is 2. The number of carbonyl (C=O) groups is 2. The average molecular weight is 338 g/mol. The zero-order valence-corrected chi connectivity index (χ0v) is 14.3. The summed E-state index contributed by atoms with van der Waals surface area (Å²) in [7, 11) is 0. The summed E-state index contributed by atoms with van der Waals surface area (Å²) in [5.74, 6) is -0.768. The standard InChI is InChI=1S/C21H22O4/c1-2-19(25-21(23)18-11-7-4-8-12-18)15-16-24-20(22)14-13-17-9-5-3-6-10-17/h3-14,19H,2,15-16H2,1H3. The molecule has 1 atom stereocenters. The van der Waals surface area contributed by atoms with E-state index in [1.54, 1.807) is 30.3 Å². The molecule has 25 heavy (non-hydrogen) atoms. The first kappa shape index (κ1) is 18.5. The Kier molecular flexibility index (Phi) is 7.44. The van der Waals surface area contributed by atoms with Gasteiger partial charge in [-0.2, -0.15) is 0 Å². The van der Waals surface area contributed by atoms with E-state index < -0.39 is 5.97 Å². The second kappa shape index (κ2) is 10.1. The Balaban J connectivity index is 1.74. The van der Waals surface area contributed by atoms with Crippen molar-refractivity contribution in [2.45, 2.75) is 25.9 Å². The first-order valence-electron chi connectivity index (χ1n) is 8.35. The second-order valence-corrected chi connectivity index (χ2v) is 5.50. The summed E-state index contributed by atoms with van der Waals surface area (Å²) in [6.45, 7) is 2.14. The number of carbonyl (C=O) groups excluding carboxylic acids is 2. The van der Waals surface area contributed by atoms with Crippen LogP contribution in [-0.2, 0) is 14.3 Å². The SMILES string of the molecule is CCC(CCOC(=O)C=Cc1ccccc1)OC(=O)c1ccccc1. The van der Waals surface area contributed by atoms with Gasteiger partial charge in [-0.1, -0.05) is 55.5 Å². The fraction of sp³-hybridized carbons (Fsp3) is 0.238. The summed E-state index contributed by atoms with van der Waals surface area (Å²) in [6.07, 6.45) is 3.95. The minimum absolute atomic E-state index is 0.207. The third kappa shape index (κ3) is 6.63. The molecule has 0 amide bonds. The van der Waals surface area contributed by atoms with Crippen LogP contribution in [0.4, 0.5) is 0 Å². The maximum atomic E-state index is 12.0. The van der Waals surface area contributed by atoms with Crippen molar-refractivity contribution in [3.05, 3.63) is 77.9 Å². The summed E-state index contributed by atoms with van der Waals surface area (Å²) < 4.78 is 10.6. The lowest BCUT2D eigenvalue weighted by Crippen LogP contribution is -2.20. The van der Waals surface area contributed by atoms with Gasteiger partial charge in [0.15, 0.2) is 0 Å². The van der Waals surface area contributed by atoms with E-state index in [0.717, 1.165) is 5.56 Å². The summed E-state index contributed by atoms with van der Waals surface area (Å²) in [6, 6.07) is 18.4. The lowest BCUT2D eigenvalue weighted by atomic mass is 10.2. The van der Waals surface area contributed by atoms with Gasteiger partial charge in [0.05, 0.1) is 12.2 Å². The van der Waals surface area contributed by atoms with Crippen molar-refractivity contribution in [1.82, 2.24) is 0 Å². The zero-order valence-electron chi connectivity index (χ0n) is 14.3. The van der Waals surface area contributed by atoms with Gasteiger partial charge in [-0.3, -0.25) is 0 Å². The van der Waals surface area contributed by atoms with E-state index in [4.69, 9.17) is 9.47 Å². The highest BCUT2D eigenvalue weighted by Crippen LogP contribution is 2.10. The highest BCUT2D eigenvalue weighted by molar-refractivity contribution is 5.89. The van der Waals surface area contributed by atoms with Gasteiger partial charge in [-0.15, -0.1) is 0 Å². The largest absolute Gasteiger partial charge is 0.462 e. The average Bonchev–Trinajstić information content (AvgIpc) is 2.67. The summed E-state index contributed by atoms with van der Waals surface area (Å²) in [4.78, 5) is 23.7. The monoisotopic (exact) mass is 338 g/mol. The molecule has 0 aliphatic heterocycles. The Bertz CT molecular complexity index is 692. The molecule has 0 aromatic heterocycles. The van der Waals surface area contributed by atoms with E-state index in [1.807, 2.05) is 43.3 Å². The van der Waals surface area contributed by atoms with E-state index in [9.17, 15) is 9.59 Å². The van der Waals surface area contributed by atoms with E-state index in [0.29, 0.717) is 18.4 Å². The molecule has 2 rings (SSSR count). The molecule has 0 heterocycles. The van der Waals surface area contributed by atoms with Crippen molar-refractivity contribution in [2.75, 3.05) is 6.61 Å². The molecule has 0 N–H and O–H groups in total. The summed E-state index contributed by atoms with van der Waals surface area (Å²) in [5, 5.41) is 0. The third-order valence-electron chi connectivity index (χ3n) is 3.63. The molecule has 0 spiro atoms. The Labute approximate surface area is 148 Å². The first-order chi connectivity index (χ1) is 12.2. The van der Waals surface area contributed by atoms with Crippen molar-refractivity contribution in [3.8, 4) is 0 Å². The van der Waals surface area contributed by atoms with Gasteiger partial charge in [0.25, 0.3) is 0 Å². The number of ether oxygens (including phenoxy) is 2. The first-order valence-corrected chi connectivity index (χ1v) is 8.35. The van der Waals surface area contributed by atoms with Crippen LogP contribution in [-0.4, -0.2) is 24.6 Å². The van der Waals surface area contributed by atoms with Crippen LogP contribution in [0.1, 0.15) is 35.7 Å². The maximum Gasteiger partial charge on any atom is 0.338 e. The van der Waals surface area contributed by atoms with Crippen LogP contribution < -0.4 is 0 Å². The van der Waals surface area contributed by atoms with Crippen LogP contribution in [0.5, 0.6) is 0 Å². The predicted molar refractivity (Wildman–Crippen MR) is 97.0 cm³/mol. The molecule has 2 aromatic rings. The van der Waals surface area contributed by atoms with Crippen molar-refractivity contribution in [2.24, 2.45) is 0 Å². The molecule has 4 nitrogen and oxygen atoms in total. The minimum Gasteiger partial charge on any atom is -0.462 e. The fourth-order valence-electron chi connectivity index (χ4n) is 2.21. The van der Waals surface area contributed by atoms with Crippen LogP contribution >= 0.6 is 0 Å². The molecule has 0 aliphatic carbocycles.